The average molecular weight is 697 g/mol. The normalized spacial score (nSPS) is 13.2. The SMILES string of the molecule is CC1(C)c2ccccc2-n2c3ccc(-c4ccc5sc6cccc(-c7nc(-c8ccccc8)nc(-c8ccccc8)n7)c6c5c4)cc3c3cccc1c32. The summed E-state index contributed by atoms with van der Waals surface area (Å²) in [5.74, 6) is 2.00. The molecule has 0 fully saturated rings. The van der Waals surface area contributed by atoms with Crippen molar-refractivity contribution in [2.45, 2.75) is 19.3 Å². The maximum atomic E-state index is 5.11. The lowest BCUT2D eigenvalue weighted by atomic mass is 9.75. The van der Waals surface area contributed by atoms with Crippen molar-refractivity contribution in [1.29, 1.82) is 0 Å². The molecule has 250 valence electrons. The molecule has 0 atom stereocenters. The van der Waals surface area contributed by atoms with Crippen LogP contribution in [0.3, 0.4) is 0 Å². The van der Waals surface area contributed by atoms with Crippen molar-refractivity contribution in [3.63, 3.8) is 0 Å². The van der Waals surface area contributed by atoms with Crippen LogP contribution in [-0.2, 0) is 5.41 Å². The highest BCUT2D eigenvalue weighted by atomic mass is 32.1. The highest BCUT2D eigenvalue weighted by molar-refractivity contribution is 7.26. The van der Waals surface area contributed by atoms with Gasteiger partial charge in [-0.2, -0.15) is 0 Å². The first kappa shape index (κ1) is 30.2. The minimum absolute atomic E-state index is 0.0890. The molecule has 5 heteroatoms. The van der Waals surface area contributed by atoms with Gasteiger partial charge in [0.1, 0.15) is 0 Å². The number of nitrogens with zero attached hydrogens (tertiary/aromatic N) is 4. The standard InChI is InChI=1S/C48H32N4S/c1-48(2)37-19-9-10-21-40(37)52-39-25-23-31(27-35(39)33-17-11-20-38(48)44(33)52)32-24-26-41-36(28-32)43-34(18-12-22-42(43)53-41)47-50-45(29-13-5-3-6-14-29)49-46(51-47)30-15-7-4-8-16-30/h3-28H,1-2H3. The summed E-state index contributed by atoms with van der Waals surface area (Å²) in [6.07, 6.45) is 0. The zero-order valence-corrected chi connectivity index (χ0v) is 30.0. The molecule has 0 saturated carbocycles. The van der Waals surface area contributed by atoms with Gasteiger partial charge in [0.25, 0.3) is 0 Å². The van der Waals surface area contributed by atoms with Crippen LogP contribution < -0.4 is 0 Å². The van der Waals surface area contributed by atoms with Crippen molar-refractivity contribution in [3.05, 3.63) is 169 Å². The first-order valence-corrected chi connectivity index (χ1v) is 18.9. The molecule has 1 aliphatic rings. The Labute approximate surface area is 310 Å². The Morgan fingerprint density at radius 1 is 0.472 bits per heavy atom. The number of hydrogen-bond acceptors (Lipinski definition) is 4. The summed E-state index contributed by atoms with van der Waals surface area (Å²) in [4.78, 5) is 15.2. The summed E-state index contributed by atoms with van der Waals surface area (Å²) < 4.78 is 4.93. The summed E-state index contributed by atoms with van der Waals surface area (Å²) in [6.45, 7) is 4.70. The van der Waals surface area contributed by atoms with Gasteiger partial charge >= 0.3 is 0 Å². The first-order valence-electron chi connectivity index (χ1n) is 18.0. The predicted molar refractivity (Wildman–Crippen MR) is 221 cm³/mol. The predicted octanol–water partition coefficient (Wildman–Crippen LogP) is 12.6. The van der Waals surface area contributed by atoms with Gasteiger partial charge in [-0.3, -0.25) is 0 Å². The van der Waals surface area contributed by atoms with Gasteiger partial charge in [0.15, 0.2) is 17.5 Å². The molecule has 4 nitrogen and oxygen atoms in total. The van der Waals surface area contributed by atoms with Crippen LogP contribution in [0.4, 0.5) is 0 Å². The Morgan fingerprint density at radius 2 is 1.09 bits per heavy atom. The van der Waals surface area contributed by atoms with E-state index in [1.807, 2.05) is 47.7 Å². The first-order chi connectivity index (χ1) is 26.0. The van der Waals surface area contributed by atoms with Gasteiger partial charge in [-0.1, -0.05) is 135 Å². The smallest absolute Gasteiger partial charge is 0.164 e. The molecule has 0 unspecified atom stereocenters. The van der Waals surface area contributed by atoms with Gasteiger partial charge in [-0.05, 0) is 58.7 Å². The van der Waals surface area contributed by atoms with Crippen LogP contribution in [-0.4, -0.2) is 19.5 Å². The Hall–Kier alpha value is -6.43. The van der Waals surface area contributed by atoms with E-state index in [2.05, 4.69) is 140 Å². The lowest BCUT2D eigenvalue weighted by Crippen LogP contribution is -2.26. The second-order valence-electron chi connectivity index (χ2n) is 14.4. The zero-order valence-electron chi connectivity index (χ0n) is 29.2. The van der Waals surface area contributed by atoms with Gasteiger partial charge in [-0.25, -0.2) is 15.0 Å². The van der Waals surface area contributed by atoms with Crippen molar-refractivity contribution in [2.24, 2.45) is 0 Å². The highest BCUT2D eigenvalue weighted by Crippen LogP contribution is 2.48. The minimum Gasteiger partial charge on any atom is -0.309 e. The van der Waals surface area contributed by atoms with E-state index in [1.54, 1.807) is 0 Å². The molecule has 3 aromatic heterocycles. The third-order valence-electron chi connectivity index (χ3n) is 11.0. The van der Waals surface area contributed by atoms with E-state index in [-0.39, 0.29) is 5.41 Å². The molecule has 11 rings (SSSR count). The highest BCUT2D eigenvalue weighted by Gasteiger charge is 2.34. The summed E-state index contributed by atoms with van der Waals surface area (Å²) in [7, 11) is 0. The lowest BCUT2D eigenvalue weighted by molar-refractivity contribution is 0.630. The van der Waals surface area contributed by atoms with Gasteiger partial charge in [0.2, 0.25) is 0 Å². The van der Waals surface area contributed by atoms with Gasteiger partial charge < -0.3 is 4.57 Å². The fourth-order valence-electron chi connectivity index (χ4n) is 8.47. The molecule has 10 aromatic rings. The molecule has 0 saturated heterocycles. The number of aromatic nitrogens is 4. The number of para-hydroxylation sites is 2. The number of hydrogen-bond donors (Lipinski definition) is 0. The van der Waals surface area contributed by atoms with Gasteiger partial charge in [0.05, 0.1) is 16.7 Å². The fourth-order valence-corrected chi connectivity index (χ4v) is 9.58. The van der Waals surface area contributed by atoms with Crippen LogP contribution in [0.25, 0.3) is 93.0 Å². The number of benzene rings is 7. The van der Waals surface area contributed by atoms with Crippen molar-refractivity contribution in [2.75, 3.05) is 0 Å². The quantitative estimate of drug-likeness (QED) is 0.184. The monoisotopic (exact) mass is 696 g/mol. The molecule has 0 aliphatic carbocycles. The minimum atomic E-state index is -0.0890. The maximum Gasteiger partial charge on any atom is 0.164 e. The molecule has 0 bridgehead atoms. The average Bonchev–Trinajstić information content (AvgIpc) is 3.76. The van der Waals surface area contributed by atoms with Crippen molar-refractivity contribution < 1.29 is 0 Å². The molecular weight excluding hydrogens is 665 g/mol. The van der Waals surface area contributed by atoms with Crippen molar-refractivity contribution >= 4 is 53.3 Å². The van der Waals surface area contributed by atoms with Crippen LogP contribution in [0.5, 0.6) is 0 Å². The van der Waals surface area contributed by atoms with Crippen LogP contribution in [0.1, 0.15) is 25.0 Å². The van der Waals surface area contributed by atoms with Crippen LogP contribution in [0, 0.1) is 0 Å². The van der Waals surface area contributed by atoms with Crippen LogP contribution >= 0.6 is 11.3 Å². The van der Waals surface area contributed by atoms with E-state index < -0.39 is 0 Å². The van der Waals surface area contributed by atoms with Crippen LogP contribution in [0.15, 0.2) is 158 Å². The van der Waals surface area contributed by atoms with E-state index in [0.29, 0.717) is 17.5 Å². The molecule has 7 aromatic carbocycles. The third kappa shape index (κ3) is 4.51. The molecular formula is C48H32N4S. The number of rotatable bonds is 4. The summed E-state index contributed by atoms with van der Waals surface area (Å²) in [6, 6.07) is 56.4. The Morgan fingerprint density at radius 3 is 1.85 bits per heavy atom. The molecule has 0 N–H and O–H groups in total. The zero-order chi connectivity index (χ0) is 35.3. The van der Waals surface area contributed by atoms with E-state index in [9.17, 15) is 0 Å². The van der Waals surface area contributed by atoms with Crippen molar-refractivity contribution in [3.8, 4) is 51.0 Å². The fraction of sp³-hybridized carbons (Fsp3) is 0.0625. The Balaban J connectivity index is 1.11. The summed E-state index contributed by atoms with van der Waals surface area (Å²) in [5, 5.41) is 4.95. The largest absolute Gasteiger partial charge is 0.309 e. The van der Waals surface area contributed by atoms with E-state index in [1.165, 1.54) is 69.9 Å². The molecule has 4 heterocycles. The summed E-state index contributed by atoms with van der Waals surface area (Å²) >= 11 is 1.81. The van der Waals surface area contributed by atoms with E-state index in [4.69, 9.17) is 15.0 Å². The Bertz CT molecular complexity index is 3020. The molecule has 0 radical (unpaired) electrons. The van der Waals surface area contributed by atoms with Crippen LogP contribution in [0.2, 0.25) is 0 Å². The Kier molecular flexibility index (Phi) is 6.43. The van der Waals surface area contributed by atoms with Gasteiger partial charge in [0, 0.05) is 53.1 Å². The lowest BCUT2D eigenvalue weighted by Gasteiger charge is -2.34. The second-order valence-corrected chi connectivity index (χ2v) is 15.5. The van der Waals surface area contributed by atoms with E-state index in [0.717, 1.165) is 16.7 Å². The summed E-state index contributed by atoms with van der Waals surface area (Å²) in [5.41, 5.74) is 11.8. The molecule has 1 aliphatic heterocycles. The number of thiophene rings is 1. The van der Waals surface area contributed by atoms with E-state index >= 15 is 0 Å². The van der Waals surface area contributed by atoms with Crippen molar-refractivity contribution in [1.82, 2.24) is 19.5 Å². The molecule has 0 spiro atoms. The van der Waals surface area contributed by atoms with Gasteiger partial charge in [-0.15, -0.1) is 11.3 Å². The molecule has 0 amide bonds. The maximum absolute atomic E-state index is 5.11. The third-order valence-corrected chi connectivity index (χ3v) is 12.2. The second kappa shape index (κ2) is 11.3. The number of fused-ring (bicyclic) bond motifs is 8. The topological polar surface area (TPSA) is 43.6 Å². The molecule has 53 heavy (non-hydrogen) atoms.